The Kier molecular flexibility index (Phi) is 9.91. The minimum atomic E-state index is -4.20. The molecule has 0 saturated carbocycles. The summed E-state index contributed by atoms with van der Waals surface area (Å²) < 4.78 is 42.1. The van der Waals surface area contributed by atoms with Crippen molar-refractivity contribution >= 4 is 17.7 Å². The van der Waals surface area contributed by atoms with E-state index in [4.69, 9.17) is 4.74 Å². The Morgan fingerprint density at radius 2 is 1.70 bits per heavy atom. The van der Waals surface area contributed by atoms with Crippen molar-refractivity contribution in [3.05, 3.63) is 29.8 Å². The van der Waals surface area contributed by atoms with Crippen molar-refractivity contribution in [1.29, 1.82) is 0 Å². The van der Waals surface area contributed by atoms with Crippen molar-refractivity contribution in [3.8, 4) is 0 Å². The highest BCUT2D eigenvalue weighted by Crippen LogP contribution is 2.15. The predicted molar refractivity (Wildman–Crippen MR) is 113 cm³/mol. The number of nitrogens with zero attached hydrogens (tertiary/aromatic N) is 2. The third-order valence-corrected chi connectivity index (χ3v) is 3.76. The van der Waals surface area contributed by atoms with Crippen molar-refractivity contribution in [3.63, 3.8) is 0 Å². The van der Waals surface area contributed by atoms with Crippen molar-refractivity contribution in [2.24, 2.45) is 4.99 Å². The minimum absolute atomic E-state index is 0.242. The number of alkyl halides is 3. The maximum atomic E-state index is 12.3. The highest BCUT2D eigenvalue weighted by molar-refractivity contribution is 5.84. The number of guanidine groups is 1. The number of carbonyl (C=O) groups excluding carboxylic acids is 1. The summed E-state index contributed by atoms with van der Waals surface area (Å²) in [4.78, 5) is 17.0. The highest BCUT2D eigenvalue weighted by Gasteiger charge is 2.28. The molecule has 0 fully saturated rings. The number of halogens is 3. The first kappa shape index (κ1) is 25.5. The first-order valence-electron chi connectivity index (χ1n) is 9.67. The van der Waals surface area contributed by atoms with E-state index in [1.807, 2.05) is 12.1 Å². The molecule has 0 saturated heterocycles. The van der Waals surface area contributed by atoms with Crippen LogP contribution in [0.1, 0.15) is 26.3 Å². The lowest BCUT2D eigenvalue weighted by atomic mass is 10.1. The number of likely N-dealkylation sites (N-methyl/N-ethyl adjacent to an activating group) is 1. The Morgan fingerprint density at radius 1 is 1.10 bits per heavy atom. The molecule has 0 atom stereocenters. The number of hydrogen-bond acceptors (Lipinski definition) is 4. The molecule has 0 aliphatic carbocycles. The van der Waals surface area contributed by atoms with E-state index in [0.717, 1.165) is 5.56 Å². The number of anilines is 1. The second-order valence-electron chi connectivity index (χ2n) is 7.85. The fraction of sp³-hybridized carbons (Fsp3) is 0.600. The SMILES string of the molecule is CN=C(NCCc1ccc(NC(=O)OC(C)(C)C)cc1)NCCN(C)CC(F)(F)F. The Labute approximate surface area is 176 Å². The molecule has 0 aliphatic heterocycles. The maximum absolute atomic E-state index is 12.3. The molecule has 0 radical (unpaired) electrons. The van der Waals surface area contributed by atoms with Crippen molar-refractivity contribution < 1.29 is 22.7 Å². The summed E-state index contributed by atoms with van der Waals surface area (Å²) in [6.07, 6.45) is -4.00. The van der Waals surface area contributed by atoms with Crippen LogP contribution in [0.25, 0.3) is 0 Å². The average Bonchev–Trinajstić information content (AvgIpc) is 2.58. The van der Waals surface area contributed by atoms with Crippen molar-refractivity contribution in [1.82, 2.24) is 15.5 Å². The molecule has 10 heteroatoms. The van der Waals surface area contributed by atoms with Crippen LogP contribution in [0.3, 0.4) is 0 Å². The van der Waals surface area contributed by atoms with Crippen molar-refractivity contribution in [2.45, 2.75) is 39.0 Å². The number of hydrogen-bond donors (Lipinski definition) is 3. The van der Waals surface area contributed by atoms with Gasteiger partial charge >= 0.3 is 12.3 Å². The number of ether oxygens (including phenoxy) is 1. The zero-order valence-corrected chi connectivity index (χ0v) is 18.2. The summed E-state index contributed by atoms with van der Waals surface area (Å²) in [5.41, 5.74) is 1.13. The van der Waals surface area contributed by atoms with Crippen LogP contribution < -0.4 is 16.0 Å². The zero-order valence-electron chi connectivity index (χ0n) is 18.2. The second-order valence-corrected chi connectivity index (χ2v) is 7.85. The average molecular weight is 432 g/mol. The van der Waals surface area contributed by atoms with Crippen LogP contribution in [-0.2, 0) is 11.2 Å². The van der Waals surface area contributed by atoms with E-state index in [0.29, 0.717) is 31.2 Å². The Bertz CT molecular complexity index is 685. The van der Waals surface area contributed by atoms with Crippen LogP contribution in [0.15, 0.2) is 29.3 Å². The van der Waals surface area contributed by atoms with Gasteiger partial charge in [-0.05, 0) is 51.9 Å². The van der Waals surface area contributed by atoms with E-state index >= 15 is 0 Å². The smallest absolute Gasteiger partial charge is 0.412 e. The minimum Gasteiger partial charge on any atom is -0.444 e. The summed E-state index contributed by atoms with van der Waals surface area (Å²) in [7, 11) is 3.03. The van der Waals surface area contributed by atoms with E-state index < -0.39 is 24.4 Å². The van der Waals surface area contributed by atoms with E-state index in [9.17, 15) is 18.0 Å². The van der Waals surface area contributed by atoms with Gasteiger partial charge in [0, 0.05) is 32.4 Å². The first-order valence-corrected chi connectivity index (χ1v) is 9.67. The molecule has 1 aromatic carbocycles. The number of rotatable bonds is 8. The van der Waals surface area contributed by atoms with Gasteiger partial charge in [0.05, 0.1) is 6.54 Å². The van der Waals surface area contributed by atoms with Gasteiger partial charge < -0.3 is 15.4 Å². The van der Waals surface area contributed by atoms with E-state index in [-0.39, 0.29) is 6.54 Å². The molecule has 1 rings (SSSR count). The highest BCUT2D eigenvalue weighted by atomic mass is 19.4. The summed E-state index contributed by atoms with van der Waals surface area (Å²) in [6.45, 7) is 5.63. The van der Waals surface area contributed by atoms with Gasteiger partial charge in [-0.25, -0.2) is 4.79 Å². The van der Waals surface area contributed by atoms with E-state index in [1.54, 1.807) is 40.0 Å². The molecule has 0 bridgehead atoms. The lowest BCUT2D eigenvalue weighted by Crippen LogP contribution is -2.42. The molecule has 0 heterocycles. The van der Waals surface area contributed by atoms with Gasteiger partial charge in [-0.15, -0.1) is 0 Å². The number of aliphatic imine (C=N–C) groups is 1. The Balaban J connectivity index is 2.34. The molecule has 1 amide bonds. The maximum Gasteiger partial charge on any atom is 0.412 e. The predicted octanol–water partition coefficient (Wildman–Crippen LogP) is 3.24. The molecule has 30 heavy (non-hydrogen) atoms. The monoisotopic (exact) mass is 431 g/mol. The van der Waals surface area contributed by atoms with Crippen LogP contribution in [0.5, 0.6) is 0 Å². The van der Waals surface area contributed by atoms with Gasteiger partial charge in [0.25, 0.3) is 0 Å². The fourth-order valence-corrected chi connectivity index (χ4v) is 2.47. The van der Waals surface area contributed by atoms with Gasteiger partial charge in [0.2, 0.25) is 0 Å². The summed E-state index contributed by atoms with van der Waals surface area (Å²) >= 11 is 0. The van der Waals surface area contributed by atoms with Gasteiger partial charge in [0.15, 0.2) is 5.96 Å². The van der Waals surface area contributed by atoms with Crippen LogP contribution in [0, 0.1) is 0 Å². The number of nitrogens with one attached hydrogen (secondary N) is 3. The molecule has 1 aromatic rings. The van der Waals surface area contributed by atoms with Crippen molar-refractivity contribution in [2.75, 3.05) is 45.6 Å². The lowest BCUT2D eigenvalue weighted by Gasteiger charge is -2.20. The molecule has 0 spiro atoms. The summed E-state index contributed by atoms with van der Waals surface area (Å²) in [6, 6.07) is 7.39. The normalized spacial score (nSPS) is 12.6. The standard InChI is InChI=1S/C20H32F3N5O2/c1-19(2,3)30-18(29)27-16-8-6-15(7-9-16)10-11-25-17(24-4)26-12-13-28(5)14-20(21,22)23/h6-9H,10-14H2,1-5H3,(H,27,29)(H2,24,25,26). The molecule has 3 N–H and O–H groups in total. The molecular formula is C20H32F3N5O2. The number of amides is 1. The second kappa shape index (κ2) is 11.6. The van der Waals surface area contributed by atoms with Gasteiger partial charge in [0.1, 0.15) is 5.60 Å². The third kappa shape index (κ3) is 12.2. The van der Waals surface area contributed by atoms with Gasteiger partial charge in [-0.3, -0.25) is 15.2 Å². The number of carbonyl (C=O) groups is 1. The van der Waals surface area contributed by atoms with Crippen LogP contribution in [0.4, 0.5) is 23.7 Å². The third-order valence-electron chi connectivity index (χ3n) is 3.76. The molecule has 0 unspecified atom stereocenters. The van der Waals surface area contributed by atoms with Gasteiger partial charge in [-0.2, -0.15) is 13.2 Å². The quantitative estimate of drug-likeness (QED) is 0.435. The summed E-state index contributed by atoms with van der Waals surface area (Å²) in [5.74, 6) is 0.527. The molecule has 0 aliphatic rings. The van der Waals surface area contributed by atoms with E-state index in [1.165, 1.54) is 11.9 Å². The molecule has 7 nitrogen and oxygen atoms in total. The Hall–Kier alpha value is -2.49. The fourth-order valence-electron chi connectivity index (χ4n) is 2.47. The first-order chi connectivity index (χ1) is 13.9. The molecule has 0 aromatic heterocycles. The number of benzene rings is 1. The Morgan fingerprint density at radius 3 is 2.23 bits per heavy atom. The van der Waals surface area contributed by atoms with Crippen LogP contribution in [0.2, 0.25) is 0 Å². The van der Waals surface area contributed by atoms with E-state index in [2.05, 4.69) is 20.9 Å². The lowest BCUT2D eigenvalue weighted by molar-refractivity contribution is -0.142. The van der Waals surface area contributed by atoms with Crippen LogP contribution >= 0.6 is 0 Å². The zero-order chi connectivity index (χ0) is 22.8. The van der Waals surface area contributed by atoms with Gasteiger partial charge in [-0.1, -0.05) is 12.1 Å². The molecule has 170 valence electrons. The summed E-state index contributed by atoms with van der Waals surface area (Å²) in [5, 5.41) is 8.79. The van der Waals surface area contributed by atoms with Crippen LogP contribution in [-0.4, -0.2) is 69.0 Å². The molecular weight excluding hydrogens is 399 g/mol. The topological polar surface area (TPSA) is 78.0 Å². The largest absolute Gasteiger partial charge is 0.444 e.